The Balaban J connectivity index is 1.90. The van der Waals surface area contributed by atoms with Gasteiger partial charge in [-0.15, -0.1) is 0 Å². The highest BCUT2D eigenvalue weighted by Gasteiger charge is 2.12. The second-order valence-corrected chi connectivity index (χ2v) is 9.09. The second kappa shape index (κ2) is 9.45. The summed E-state index contributed by atoms with van der Waals surface area (Å²) in [5.74, 6) is 6.62. The number of rotatable bonds is 4. The van der Waals surface area contributed by atoms with Gasteiger partial charge in [-0.05, 0) is 42.8 Å². The van der Waals surface area contributed by atoms with Crippen LogP contribution in [0.1, 0.15) is 27.0 Å². The van der Waals surface area contributed by atoms with E-state index in [1.807, 2.05) is 13.0 Å². The highest BCUT2D eigenvalue weighted by molar-refractivity contribution is 7.93. The van der Waals surface area contributed by atoms with Gasteiger partial charge >= 0.3 is 0 Å². The van der Waals surface area contributed by atoms with Gasteiger partial charge in [-0.2, -0.15) is 4.36 Å². The predicted molar refractivity (Wildman–Crippen MR) is 120 cm³/mol. The summed E-state index contributed by atoms with van der Waals surface area (Å²) in [6.45, 7) is 1.89. The lowest BCUT2D eigenvalue weighted by Crippen LogP contribution is -2.04. The topological polar surface area (TPSA) is 77.9 Å². The maximum Gasteiger partial charge on any atom is 0.286 e. The van der Waals surface area contributed by atoms with Crippen molar-refractivity contribution < 1.29 is 18.5 Å². The highest BCUT2D eigenvalue weighted by Crippen LogP contribution is 2.22. The Hall–Kier alpha value is -3.63. The van der Waals surface area contributed by atoms with Gasteiger partial charge in [0.05, 0.1) is 29.5 Å². The summed E-state index contributed by atoms with van der Waals surface area (Å²) in [5, 5.41) is 0. The smallest absolute Gasteiger partial charge is 0.286 e. The van der Waals surface area contributed by atoms with E-state index >= 15 is 0 Å². The second-order valence-electron chi connectivity index (χ2n) is 6.83. The zero-order chi connectivity index (χ0) is 22.4. The summed E-state index contributed by atoms with van der Waals surface area (Å²) in [6, 6.07) is 14.0. The fourth-order valence-electron chi connectivity index (χ4n) is 2.76. The maximum absolute atomic E-state index is 13.0. The molecule has 0 bridgehead atoms. The maximum atomic E-state index is 13.0. The van der Waals surface area contributed by atoms with Crippen LogP contribution < -0.4 is 9.47 Å². The molecule has 0 N–H and O–H groups in total. The lowest BCUT2D eigenvalue weighted by Gasteiger charge is -2.05. The third-order valence-corrected chi connectivity index (χ3v) is 6.01. The molecule has 1 unspecified atom stereocenters. The first-order valence-electron chi connectivity index (χ1n) is 9.34. The van der Waals surface area contributed by atoms with Crippen molar-refractivity contribution in [2.24, 2.45) is 4.36 Å². The Labute approximate surface area is 182 Å². The van der Waals surface area contributed by atoms with Gasteiger partial charge in [0, 0.05) is 40.7 Å². The van der Waals surface area contributed by atoms with Gasteiger partial charge < -0.3 is 9.47 Å². The first-order chi connectivity index (χ1) is 14.8. The zero-order valence-corrected chi connectivity index (χ0v) is 18.5. The highest BCUT2D eigenvalue weighted by atomic mass is 32.2. The van der Waals surface area contributed by atoms with Crippen molar-refractivity contribution >= 4 is 15.6 Å². The van der Waals surface area contributed by atoms with Gasteiger partial charge in [0.15, 0.2) is 0 Å². The Morgan fingerprint density at radius 3 is 2.29 bits per heavy atom. The average molecular weight is 435 g/mol. The molecule has 6 nitrogen and oxygen atoms in total. The number of nitrogens with zero attached hydrogens (tertiary/aromatic N) is 2. The molecule has 1 aromatic heterocycles. The summed E-state index contributed by atoms with van der Waals surface area (Å²) >= 11 is 0. The predicted octanol–water partition coefficient (Wildman–Crippen LogP) is 4.10. The molecule has 1 heterocycles. The zero-order valence-electron chi connectivity index (χ0n) is 17.7. The number of carbonyl (C=O) groups is 1. The molecular formula is C24H22N2O4S. The van der Waals surface area contributed by atoms with Crippen molar-refractivity contribution in [3.05, 3.63) is 83.2 Å². The first kappa shape index (κ1) is 22.1. The molecule has 0 fully saturated rings. The van der Waals surface area contributed by atoms with E-state index in [1.165, 1.54) is 12.5 Å². The van der Waals surface area contributed by atoms with Crippen LogP contribution >= 0.6 is 0 Å². The van der Waals surface area contributed by atoms with Crippen molar-refractivity contribution in [2.75, 3.05) is 20.5 Å². The molecule has 1 amide bonds. The number of benzene rings is 2. The molecule has 1 atom stereocenters. The summed E-state index contributed by atoms with van der Waals surface area (Å²) in [5.41, 5.74) is 2.38. The van der Waals surface area contributed by atoms with Crippen molar-refractivity contribution in [3.63, 3.8) is 0 Å². The molecule has 0 saturated carbocycles. The molecule has 0 spiro atoms. The van der Waals surface area contributed by atoms with Crippen molar-refractivity contribution in [1.82, 2.24) is 4.98 Å². The van der Waals surface area contributed by atoms with E-state index in [1.54, 1.807) is 62.9 Å². The lowest BCUT2D eigenvalue weighted by atomic mass is 10.1. The van der Waals surface area contributed by atoms with Crippen molar-refractivity contribution in [2.45, 2.75) is 11.8 Å². The minimum Gasteiger partial charge on any atom is -0.497 e. The monoisotopic (exact) mass is 434 g/mol. The quantitative estimate of drug-likeness (QED) is 0.578. The van der Waals surface area contributed by atoms with E-state index in [9.17, 15) is 9.00 Å². The number of amides is 1. The molecule has 7 heteroatoms. The Kier molecular flexibility index (Phi) is 6.73. The molecule has 3 rings (SSSR count). The van der Waals surface area contributed by atoms with Crippen LogP contribution in [-0.2, 0) is 9.73 Å². The number of ether oxygens (including phenoxy) is 2. The van der Waals surface area contributed by atoms with Gasteiger partial charge in [0.1, 0.15) is 11.5 Å². The normalized spacial score (nSPS) is 12.1. The average Bonchev–Trinajstić information content (AvgIpc) is 2.77. The standard InChI is InChI=1S/C24H22N2O4S/c1-17-6-5-7-23(10-17)31(4,28)26-24(27)20-11-19(15-25-16-20)9-8-18-12-21(29-2)14-22(13-18)30-3/h5-7,10-16H,1-4H3. The van der Waals surface area contributed by atoms with Crippen molar-refractivity contribution in [3.8, 4) is 23.3 Å². The van der Waals surface area contributed by atoms with Crippen LogP contribution in [0.5, 0.6) is 11.5 Å². The van der Waals surface area contributed by atoms with E-state index in [4.69, 9.17) is 9.47 Å². The van der Waals surface area contributed by atoms with E-state index in [2.05, 4.69) is 21.2 Å². The number of aryl methyl sites for hydroxylation is 1. The Morgan fingerprint density at radius 1 is 0.968 bits per heavy atom. The number of pyridine rings is 1. The molecule has 0 aliphatic rings. The van der Waals surface area contributed by atoms with Gasteiger partial charge in [-0.1, -0.05) is 24.0 Å². The molecule has 0 saturated heterocycles. The SMILES string of the molecule is COc1cc(C#Cc2cncc(C(=O)N=S(C)(=O)c3cccc(C)c3)c2)cc(OC)c1. The molecule has 0 radical (unpaired) electrons. The molecule has 158 valence electrons. The molecule has 31 heavy (non-hydrogen) atoms. The minimum atomic E-state index is -2.88. The fourth-order valence-corrected chi connectivity index (χ4v) is 4.03. The summed E-state index contributed by atoms with van der Waals surface area (Å²) in [7, 11) is 0.253. The summed E-state index contributed by atoms with van der Waals surface area (Å²) in [4.78, 5) is 17.2. The van der Waals surface area contributed by atoms with Gasteiger partial charge in [0.2, 0.25) is 0 Å². The van der Waals surface area contributed by atoms with E-state index in [-0.39, 0.29) is 5.56 Å². The minimum absolute atomic E-state index is 0.220. The Morgan fingerprint density at radius 2 is 1.65 bits per heavy atom. The van der Waals surface area contributed by atoms with E-state index in [0.29, 0.717) is 27.5 Å². The van der Waals surface area contributed by atoms with Crippen LogP contribution in [0.25, 0.3) is 0 Å². The summed E-state index contributed by atoms with van der Waals surface area (Å²) < 4.78 is 27.4. The van der Waals surface area contributed by atoms with Crippen molar-refractivity contribution in [1.29, 1.82) is 0 Å². The van der Waals surface area contributed by atoms with E-state index in [0.717, 1.165) is 5.56 Å². The lowest BCUT2D eigenvalue weighted by molar-refractivity contribution is 0.100. The number of hydrogen-bond donors (Lipinski definition) is 0. The Bertz CT molecular complexity index is 1290. The van der Waals surface area contributed by atoms with Crippen LogP contribution in [0.4, 0.5) is 0 Å². The molecule has 2 aromatic carbocycles. The summed E-state index contributed by atoms with van der Waals surface area (Å²) in [6.07, 6.45) is 4.38. The number of aromatic nitrogens is 1. The molecule has 0 aliphatic carbocycles. The number of methoxy groups -OCH3 is 2. The van der Waals surface area contributed by atoms with Crippen LogP contribution in [0.15, 0.2) is 70.2 Å². The molecular weight excluding hydrogens is 412 g/mol. The molecule has 3 aromatic rings. The number of carbonyl (C=O) groups excluding carboxylic acids is 1. The number of hydrogen-bond acceptors (Lipinski definition) is 5. The third kappa shape index (κ3) is 5.71. The van der Waals surface area contributed by atoms with Gasteiger partial charge in [-0.3, -0.25) is 9.78 Å². The van der Waals surface area contributed by atoms with Crippen LogP contribution in [0.3, 0.4) is 0 Å². The fraction of sp³-hybridized carbons (Fsp3) is 0.167. The van der Waals surface area contributed by atoms with Gasteiger partial charge in [0.25, 0.3) is 5.91 Å². The van der Waals surface area contributed by atoms with Gasteiger partial charge in [-0.25, -0.2) is 4.21 Å². The van der Waals surface area contributed by atoms with E-state index < -0.39 is 15.6 Å². The van der Waals surface area contributed by atoms with Crippen LogP contribution in [0, 0.1) is 18.8 Å². The first-order valence-corrected chi connectivity index (χ1v) is 11.3. The third-order valence-electron chi connectivity index (χ3n) is 4.37. The molecule has 0 aliphatic heterocycles. The largest absolute Gasteiger partial charge is 0.497 e. The van der Waals surface area contributed by atoms with Crippen LogP contribution in [-0.4, -0.2) is 35.6 Å². The van der Waals surface area contributed by atoms with Crippen LogP contribution in [0.2, 0.25) is 0 Å².